The Morgan fingerprint density at radius 2 is 2.05 bits per heavy atom. The number of rotatable bonds is 8. The van der Waals surface area contributed by atoms with Gasteiger partial charge in [-0.3, -0.25) is 0 Å². The van der Waals surface area contributed by atoms with E-state index in [-0.39, 0.29) is 0 Å². The van der Waals surface area contributed by atoms with Gasteiger partial charge in [-0.25, -0.2) is 0 Å². The zero-order chi connectivity index (χ0) is 14.2. The molecule has 1 heterocycles. The van der Waals surface area contributed by atoms with Gasteiger partial charge >= 0.3 is 0 Å². The number of thiophene rings is 1. The largest absolute Gasteiger partial charge is 0.496 e. The second-order valence-electron chi connectivity index (χ2n) is 4.82. The molecule has 108 valence electrons. The summed E-state index contributed by atoms with van der Waals surface area (Å²) in [5, 5.41) is 5.73. The number of hydrogen-bond donors (Lipinski definition) is 1. The quantitative estimate of drug-likeness (QED) is 0.776. The van der Waals surface area contributed by atoms with Crippen LogP contribution in [-0.4, -0.2) is 13.7 Å². The molecule has 0 bridgehead atoms. The fourth-order valence-corrected chi connectivity index (χ4v) is 3.25. The molecule has 0 aliphatic carbocycles. The Bertz CT molecular complexity index is 495. The van der Waals surface area contributed by atoms with Crippen molar-refractivity contribution in [2.75, 3.05) is 13.7 Å². The van der Waals surface area contributed by atoms with Crippen molar-refractivity contribution in [3.8, 4) is 5.75 Å². The number of ether oxygens (including phenoxy) is 1. The van der Waals surface area contributed by atoms with Crippen LogP contribution in [0.4, 0.5) is 0 Å². The first kappa shape index (κ1) is 15.1. The first-order chi connectivity index (χ1) is 9.85. The van der Waals surface area contributed by atoms with Crippen LogP contribution in [0.25, 0.3) is 0 Å². The normalized spacial score (nSPS) is 12.3. The van der Waals surface area contributed by atoms with E-state index in [0.29, 0.717) is 6.04 Å². The number of nitrogens with one attached hydrogen (secondary N) is 1. The fraction of sp³-hybridized carbons (Fsp3) is 0.412. The first-order valence-corrected chi connectivity index (χ1v) is 8.11. The average Bonchev–Trinajstić information content (AvgIpc) is 2.99. The van der Waals surface area contributed by atoms with Crippen molar-refractivity contribution >= 4 is 11.3 Å². The summed E-state index contributed by atoms with van der Waals surface area (Å²) in [4.78, 5) is 1.47. The molecule has 0 saturated carbocycles. The van der Waals surface area contributed by atoms with Crippen molar-refractivity contribution < 1.29 is 4.74 Å². The van der Waals surface area contributed by atoms with Crippen LogP contribution < -0.4 is 10.1 Å². The molecular weight excluding hydrogens is 266 g/mol. The summed E-state index contributed by atoms with van der Waals surface area (Å²) >= 11 is 1.85. The minimum absolute atomic E-state index is 0.371. The maximum Gasteiger partial charge on any atom is 0.123 e. The second-order valence-corrected chi connectivity index (χ2v) is 5.86. The molecule has 0 fully saturated rings. The highest BCUT2D eigenvalue weighted by Gasteiger charge is 2.14. The third kappa shape index (κ3) is 4.09. The highest BCUT2D eigenvalue weighted by atomic mass is 32.1. The van der Waals surface area contributed by atoms with Crippen LogP contribution in [0, 0.1) is 0 Å². The third-order valence-electron chi connectivity index (χ3n) is 3.46. The van der Waals surface area contributed by atoms with E-state index in [9.17, 15) is 0 Å². The Morgan fingerprint density at radius 3 is 2.75 bits per heavy atom. The Balaban J connectivity index is 1.99. The standard InChI is InChI=1S/C17H23NOS/c1-3-18-16(11-6-8-14-9-7-13-20-14)15-10-4-5-12-17(15)19-2/h4-5,7,9-10,12-13,16,18H,3,6,8,11H2,1-2H3. The Morgan fingerprint density at radius 1 is 1.20 bits per heavy atom. The molecule has 0 aliphatic heterocycles. The molecule has 2 aromatic rings. The maximum atomic E-state index is 5.49. The van der Waals surface area contributed by atoms with E-state index in [0.717, 1.165) is 25.1 Å². The number of methoxy groups -OCH3 is 1. The van der Waals surface area contributed by atoms with Crippen LogP contribution in [0.2, 0.25) is 0 Å². The summed E-state index contributed by atoms with van der Waals surface area (Å²) in [7, 11) is 1.74. The first-order valence-electron chi connectivity index (χ1n) is 7.23. The lowest BCUT2D eigenvalue weighted by atomic mass is 9.99. The summed E-state index contributed by atoms with van der Waals surface area (Å²) in [6.07, 6.45) is 3.48. The van der Waals surface area contributed by atoms with E-state index >= 15 is 0 Å². The highest BCUT2D eigenvalue weighted by molar-refractivity contribution is 7.09. The zero-order valence-electron chi connectivity index (χ0n) is 12.3. The smallest absolute Gasteiger partial charge is 0.123 e. The van der Waals surface area contributed by atoms with E-state index in [2.05, 4.69) is 41.9 Å². The van der Waals surface area contributed by atoms with Crippen LogP contribution in [0.15, 0.2) is 41.8 Å². The lowest BCUT2D eigenvalue weighted by Gasteiger charge is -2.20. The summed E-state index contributed by atoms with van der Waals surface area (Å²) in [6, 6.07) is 13.0. The third-order valence-corrected chi connectivity index (χ3v) is 4.40. The van der Waals surface area contributed by atoms with Gasteiger partial charge in [-0.2, -0.15) is 0 Å². The molecule has 0 radical (unpaired) electrons. The molecule has 1 unspecified atom stereocenters. The SMILES string of the molecule is CCNC(CCCc1cccs1)c1ccccc1OC. The topological polar surface area (TPSA) is 21.3 Å². The summed E-state index contributed by atoms with van der Waals surface area (Å²) in [6.45, 7) is 3.13. The molecule has 1 aromatic carbocycles. The van der Waals surface area contributed by atoms with Crippen LogP contribution in [0.3, 0.4) is 0 Å². The van der Waals surface area contributed by atoms with Crippen LogP contribution in [0.5, 0.6) is 5.75 Å². The van der Waals surface area contributed by atoms with E-state index in [4.69, 9.17) is 4.74 Å². The molecule has 1 aromatic heterocycles. The van der Waals surface area contributed by atoms with Gasteiger partial charge in [0.25, 0.3) is 0 Å². The average molecular weight is 289 g/mol. The van der Waals surface area contributed by atoms with Gasteiger partial charge in [0.1, 0.15) is 5.75 Å². The predicted octanol–water partition coefficient (Wildman–Crippen LogP) is 4.43. The maximum absolute atomic E-state index is 5.49. The minimum atomic E-state index is 0.371. The van der Waals surface area contributed by atoms with Crippen LogP contribution in [-0.2, 0) is 6.42 Å². The van der Waals surface area contributed by atoms with Gasteiger partial charge in [0.05, 0.1) is 7.11 Å². The number of benzene rings is 1. The number of hydrogen-bond acceptors (Lipinski definition) is 3. The van der Waals surface area contributed by atoms with Crippen molar-refractivity contribution in [3.63, 3.8) is 0 Å². The van der Waals surface area contributed by atoms with Gasteiger partial charge in [0, 0.05) is 16.5 Å². The molecule has 1 atom stereocenters. The lowest BCUT2D eigenvalue weighted by molar-refractivity contribution is 0.394. The van der Waals surface area contributed by atoms with Crippen molar-refractivity contribution in [1.29, 1.82) is 0 Å². The summed E-state index contributed by atoms with van der Waals surface area (Å²) in [5.41, 5.74) is 1.27. The molecule has 3 heteroatoms. The Kier molecular flexibility index (Phi) is 6.09. The summed E-state index contributed by atoms with van der Waals surface area (Å²) in [5.74, 6) is 0.981. The second kappa shape index (κ2) is 8.08. The van der Waals surface area contributed by atoms with Gasteiger partial charge in [-0.05, 0) is 43.3 Å². The van der Waals surface area contributed by atoms with Gasteiger partial charge in [0.2, 0.25) is 0 Å². The molecule has 2 nitrogen and oxygen atoms in total. The molecule has 2 rings (SSSR count). The van der Waals surface area contributed by atoms with Gasteiger partial charge in [-0.1, -0.05) is 31.2 Å². The van der Waals surface area contributed by atoms with E-state index in [1.54, 1.807) is 7.11 Å². The van der Waals surface area contributed by atoms with Gasteiger partial charge < -0.3 is 10.1 Å². The van der Waals surface area contributed by atoms with E-state index in [1.165, 1.54) is 16.9 Å². The minimum Gasteiger partial charge on any atom is -0.496 e. The van der Waals surface area contributed by atoms with E-state index in [1.807, 2.05) is 23.5 Å². The van der Waals surface area contributed by atoms with Gasteiger partial charge in [-0.15, -0.1) is 11.3 Å². The molecule has 0 aliphatic rings. The molecular formula is C17H23NOS. The molecule has 20 heavy (non-hydrogen) atoms. The van der Waals surface area contributed by atoms with Crippen molar-refractivity contribution in [2.45, 2.75) is 32.2 Å². The zero-order valence-corrected chi connectivity index (χ0v) is 13.1. The Hall–Kier alpha value is -1.32. The monoisotopic (exact) mass is 289 g/mol. The predicted molar refractivity (Wildman–Crippen MR) is 86.7 cm³/mol. The van der Waals surface area contributed by atoms with Crippen molar-refractivity contribution in [1.82, 2.24) is 5.32 Å². The number of para-hydroxylation sites is 1. The fourth-order valence-electron chi connectivity index (χ4n) is 2.50. The van der Waals surface area contributed by atoms with Crippen molar-refractivity contribution in [2.24, 2.45) is 0 Å². The van der Waals surface area contributed by atoms with Crippen LogP contribution >= 0.6 is 11.3 Å². The lowest BCUT2D eigenvalue weighted by Crippen LogP contribution is -2.21. The van der Waals surface area contributed by atoms with E-state index < -0.39 is 0 Å². The van der Waals surface area contributed by atoms with Gasteiger partial charge in [0.15, 0.2) is 0 Å². The molecule has 0 amide bonds. The number of aryl methyl sites for hydroxylation is 1. The summed E-state index contributed by atoms with van der Waals surface area (Å²) < 4.78 is 5.49. The molecule has 1 N–H and O–H groups in total. The highest BCUT2D eigenvalue weighted by Crippen LogP contribution is 2.28. The van der Waals surface area contributed by atoms with Crippen LogP contribution in [0.1, 0.15) is 36.2 Å². The van der Waals surface area contributed by atoms with Crippen molar-refractivity contribution in [3.05, 3.63) is 52.2 Å². The molecule has 0 spiro atoms. The Labute approximate surface area is 125 Å². The molecule has 0 saturated heterocycles.